The first-order valence-electron chi connectivity index (χ1n) is 8.05. The molecule has 3 heteroatoms. The number of hydrogen-bond donors (Lipinski definition) is 1. The van der Waals surface area contributed by atoms with Crippen LogP contribution in [0.2, 0.25) is 0 Å². The summed E-state index contributed by atoms with van der Waals surface area (Å²) in [5, 5.41) is 3.69. The molecule has 3 atom stereocenters. The van der Waals surface area contributed by atoms with Gasteiger partial charge < -0.3 is 9.88 Å². The molecule has 19 heavy (non-hydrogen) atoms. The van der Waals surface area contributed by atoms with Crippen LogP contribution >= 0.6 is 0 Å². The van der Waals surface area contributed by atoms with E-state index >= 15 is 0 Å². The first-order valence-corrected chi connectivity index (χ1v) is 8.05. The number of nitrogens with zero attached hydrogens (tertiary/aromatic N) is 2. The molecule has 0 amide bonds. The summed E-state index contributed by atoms with van der Waals surface area (Å²) < 4.78 is 2.41. The van der Waals surface area contributed by atoms with Crippen LogP contribution in [0.25, 0.3) is 0 Å². The number of nitrogens with one attached hydrogen (secondary N) is 1. The van der Waals surface area contributed by atoms with Gasteiger partial charge in [0.05, 0.1) is 0 Å². The van der Waals surface area contributed by atoms with Gasteiger partial charge in [0.25, 0.3) is 0 Å². The Bertz CT molecular complexity index is 406. The Balaban J connectivity index is 1.71. The van der Waals surface area contributed by atoms with E-state index < -0.39 is 0 Å². The molecule has 106 valence electrons. The van der Waals surface area contributed by atoms with Crippen molar-refractivity contribution in [1.82, 2.24) is 9.55 Å². The molecular formula is C16H27N3. The van der Waals surface area contributed by atoms with Crippen LogP contribution in [0, 0.1) is 11.8 Å². The van der Waals surface area contributed by atoms with Crippen molar-refractivity contribution >= 4 is 5.95 Å². The molecule has 0 spiro atoms. The molecule has 2 saturated carbocycles. The average molecular weight is 261 g/mol. The molecule has 3 rings (SSSR count). The number of anilines is 1. The first kappa shape index (κ1) is 13.0. The fourth-order valence-electron chi connectivity index (χ4n) is 3.85. The van der Waals surface area contributed by atoms with E-state index in [0.717, 1.165) is 17.8 Å². The molecule has 0 bridgehead atoms. The van der Waals surface area contributed by atoms with E-state index in [1.165, 1.54) is 44.9 Å². The van der Waals surface area contributed by atoms with Gasteiger partial charge in [-0.05, 0) is 37.5 Å². The van der Waals surface area contributed by atoms with Crippen molar-refractivity contribution in [3.63, 3.8) is 0 Å². The lowest BCUT2D eigenvalue weighted by molar-refractivity contribution is 0.353. The van der Waals surface area contributed by atoms with E-state index in [2.05, 4.69) is 34.9 Å². The summed E-state index contributed by atoms with van der Waals surface area (Å²) in [6.07, 6.45) is 13.6. The number of imidazole rings is 1. The van der Waals surface area contributed by atoms with Crippen LogP contribution in [-0.2, 0) is 0 Å². The highest BCUT2D eigenvalue weighted by Gasteiger charge is 2.32. The van der Waals surface area contributed by atoms with Gasteiger partial charge in [-0.25, -0.2) is 4.98 Å². The fourth-order valence-corrected chi connectivity index (χ4v) is 3.85. The third-order valence-electron chi connectivity index (χ3n) is 5.39. The maximum atomic E-state index is 4.57. The van der Waals surface area contributed by atoms with Crippen molar-refractivity contribution < 1.29 is 0 Å². The Kier molecular flexibility index (Phi) is 3.81. The summed E-state index contributed by atoms with van der Waals surface area (Å²) in [5.41, 5.74) is 0. The Morgan fingerprint density at radius 3 is 2.58 bits per heavy atom. The van der Waals surface area contributed by atoms with E-state index in [0.29, 0.717) is 12.1 Å². The first-order chi connectivity index (χ1) is 9.25. The van der Waals surface area contributed by atoms with Gasteiger partial charge in [-0.3, -0.25) is 0 Å². The molecule has 0 aromatic carbocycles. The molecule has 3 unspecified atom stereocenters. The highest BCUT2D eigenvalue weighted by Crippen LogP contribution is 2.41. The summed E-state index contributed by atoms with van der Waals surface area (Å²) in [6, 6.07) is 1.28. The maximum absolute atomic E-state index is 4.57. The second-order valence-corrected chi connectivity index (χ2v) is 6.62. The fraction of sp³-hybridized carbons (Fsp3) is 0.812. The van der Waals surface area contributed by atoms with Gasteiger partial charge >= 0.3 is 0 Å². The van der Waals surface area contributed by atoms with E-state index in [1.807, 2.05) is 6.20 Å². The molecular weight excluding hydrogens is 234 g/mol. The smallest absolute Gasteiger partial charge is 0.203 e. The number of aromatic nitrogens is 2. The molecule has 3 nitrogen and oxygen atoms in total. The minimum atomic E-state index is 0.642. The van der Waals surface area contributed by atoms with Gasteiger partial charge in [-0.1, -0.05) is 33.1 Å². The molecule has 2 aliphatic carbocycles. The van der Waals surface area contributed by atoms with Crippen molar-refractivity contribution in [1.29, 1.82) is 0 Å². The molecule has 0 radical (unpaired) electrons. The standard InChI is InChI=1S/C16H27N3/c1-12-8-9-15(13(12)2)19-11-10-17-16(19)18-14-6-4-3-5-7-14/h10-15H,3-9H2,1-2H3,(H,17,18). The largest absolute Gasteiger partial charge is 0.353 e. The Morgan fingerprint density at radius 2 is 1.89 bits per heavy atom. The van der Waals surface area contributed by atoms with Crippen LogP contribution in [0.4, 0.5) is 5.95 Å². The highest BCUT2D eigenvalue weighted by atomic mass is 15.2. The predicted octanol–water partition coefficient (Wildman–Crippen LogP) is 4.23. The van der Waals surface area contributed by atoms with Crippen LogP contribution in [0.5, 0.6) is 0 Å². The lowest BCUT2D eigenvalue weighted by Crippen LogP contribution is -2.25. The topological polar surface area (TPSA) is 29.9 Å². The van der Waals surface area contributed by atoms with E-state index in [1.54, 1.807) is 0 Å². The molecule has 1 aromatic rings. The van der Waals surface area contributed by atoms with Crippen LogP contribution in [0.15, 0.2) is 12.4 Å². The zero-order valence-corrected chi connectivity index (χ0v) is 12.3. The van der Waals surface area contributed by atoms with Crippen molar-refractivity contribution in [2.75, 3.05) is 5.32 Å². The van der Waals surface area contributed by atoms with Gasteiger partial charge in [0.2, 0.25) is 5.95 Å². The van der Waals surface area contributed by atoms with Crippen molar-refractivity contribution in [3.8, 4) is 0 Å². The summed E-state index contributed by atoms with van der Waals surface area (Å²) in [7, 11) is 0. The second-order valence-electron chi connectivity index (χ2n) is 6.62. The average Bonchev–Trinajstić information content (AvgIpc) is 2.99. The van der Waals surface area contributed by atoms with Gasteiger partial charge in [0.1, 0.15) is 0 Å². The Morgan fingerprint density at radius 1 is 1.11 bits per heavy atom. The van der Waals surface area contributed by atoms with Gasteiger partial charge in [0, 0.05) is 24.5 Å². The Hall–Kier alpha value is -0.990. The van der Waals surface area contributed by atoms with E-state index in [-0.39, 0.29) is 0 Å². The maximum Gasteiger partial charge on any atom is 0.203 e. The molecule has 1 aromatic heterocycles. The highest BCUT2D eigenvalue weighted by molar-refractivity contribution is 5.29. The quantitative estimate of drug-likeness (QED) is 0.882. The van der Waals surface area contributed by atoms with Crippen molar-refractivity contribution in [2.45, 2.75) is 70.9 Å². The van der Waals surface area contributed by atoms with Gasteiger partial charge in [-0.15, -0.1) is 0 Å². The van der Waals surface area contributed by atoms with Gasteiger partial charge in [0.15, 0.2) is 0 Å². The van der Waals surface area contributed by atoms with E-state index in [4.69, 9.17) is 0 Å². The summed E-state index contributed by atoms with van der Waals surface area (Å²) in [5.74, 6) is 2.72. The summed E-state index contributed by atoms with van der Waals surface area (Å²) in [6.45, 7) is 4.78. The lowest BCUT2D eigenvalue weighted by Gasteiger charge is -2.26. The molecule has 0 aliphatic heterocycles. The normalized spacial score (nSPS) is 32.6. The van der Waals surface area contributed by atoms with Crippen LogP contribution < -0.4 is 5.32 Å². The molecule has 1 N–H and O–H groups in total. The molecule has 0 saturated heterocycles. The van der Waals surface area contributed by atoms with Crippen molar-refractivity contribution in [2.24, 2.45) is 11.8 Å². The third-order valence-corrected chi connectivity index (χ3v) is 5.39. The zero-order valence-electron chi connectivity index (χ0n) is 12.3. The third kappa shape index (κ3) is 2.65. The monoisotopic (exact) mass is 261 g/mol. The van der Waals surface area contributed by atoms with E-state index in [9.17, 15) is 0 Å². The minimum Gasteiger partial charge on any atom is -0.353 e. The zero-order chi connectivity index (χ0) is 13.2. The number of hydrogen-bond acceptors (Lipinski definition) is 2. The summed E-state index contributed by atoms with van der Waals surface area (Å²) in [4.78, 5) is 4.57. The molecule has 2 aliphatic rings. The predicted molar refractivity (Wildman–Crippen MR) is 79.3 cm³/mol. The Labute approximate surface area is 116 Å². The minimum absolute atomic E-state index is 0.642. The van der Waals surface area contributed by atoms with Crippen LogP contribution in [-0.4, -0.2) is 15.6 Å². The second kappa shape index (κ2) is 5.56. The van der Waals surface area contributed by atoms with Crippen molar-refractivity contribution in [3.05, 3.63) is 12.4 Å². The lowest BCUT2D eigenvalue weighted by atomic mass is 9.95. The van der Waals surface area contributed by atoms with Crippen LogP contribution in [0.3, 0.4) is 0 Å². The summed E-state index contributed by atoms with van der Waals surface area (Å²) >= 11 is 0. The SMILES string of the molecule is CC1CCC(n2ccnc2NC2CCCCC2)C1C. The molecule has 1 heterocycles. The number of rotatable bonds is 3. The van der Waals surface area contributed by atoms with Gasteiger partial charge in [-0.2, -0.15) is 0 Å². The molecule has 2 fully saturated rings. The van der Waals surface area contributed by atoms with Crippen LogP contribution in [0.1, 0.15) is 64.8 Å².